The van der Waals surface area contributed by atoms with E-state index in [-0.39, 0.29) is 36.4 Å². The van der Waals surface area contributed by atoms with Crippen molar-refractivity contribution in [2.24, 2.45) is 5.92 Å². The van der Waals surface area contributed by atoms with Gasteiger partial charge in [-0.25, -0.2) is 0 Å². The van der Waals surface area contributed by atoms with E-state index < -0.39 is 56.6 Å². The fraction of sp³-hybridized carbons (Fsp3) is 0.436. The van der Waals surface area contributed by atoms with Crippen LogP contribution in [0.1, 0.15) is 41.6 Å². The summed E-state index contributed by atoms with van der Waals surface area (Å²) in [7, 11) is -2.94. The first-order valence-corrected chi connectivity index (χ1v) is 22.3. The van der Waals surface area contributed by atoms with Gasteiger partial charge in [-0.15, -0.1) is 5.10 Å². The van der Waals surface area contributed by atoms with Crippen LogP contribution in [0.2, 0.25) is 18.6 Å². The number of carbonyl (C=O) groups excluding carboxylic acids is 2. The minimum Gasteiger partial charge on any atom is -0.432 e. The lowest BCUT2D eigenvalue weighted by Gasteiger charge is -2.37. The second-order valence-electron chi connectivity index (χ2n) is 15.4. The molecule has 56 heavy (non-hydrogen) atoms. The molecule has 15 nitrogen and oxygen atoms in total. The van der Waals surface area contributed by atoms with Gasteiger partial charge in [0, 0.05) is 39.9 Å². The minimum atomic E-state index is -2.94. The van der Waals surface area contributed by atoms with E-state index in [0.29, 0.717) is 35.6 Å². The molecule has 4 aromatic rings. The molecule has 3 aliphatic heterocycles. The SMILES string of the molecule is C[C@H]1[C@H]([Si](C)(C)O)[C@@H](CCn2cc(C(CO)c3ccccc3)nn2)O[C@]12C(=O)N(Cc1ccc(NC(=O)[C@H]3O[C@@H](O)[C@H](O)[C@@H](O)[C@@H]3O)cc1)c1ccc(Br)cc12. The maximum Gasteiger partial charge on any atom is 0.264 e. The van der Waals surface area contributed by atoms with Gasteiger partial charge >= 0.3 is 0 Å². The topological polar surface area (TPSA) is 220 Å². The van der Waals surface area contributed by atoms with E-state index in [9.17, 15) is 39.9 Å². The molecular weight excluding hydrogens is 806 g/mol. The average molecular weight is 853 g/mol. The van der Waals surface area contributed by atoms with Crippen molar-refractivity contribution in [1.82, 2.24) is 15.0 Å². The van der Waals surface area contributed by atoms with E-state index in [1.165, 1.54) is 0 Å². The zero-order valence-electron chi connectivity index (χ0n) is 31.0. The van der Waals surface area contributed by atoms with Crippen LogP contribution in [0, 0.1) is 5.92 Å². The predicted molar refractivity (Wildman–Crippen MR) is 208 cm³/mol. The molecule has 2 saturated heterocycles. The number of ether oxygens (including phenoxy) is 2. The Hall–Kier alpha value is -3.88. The molecule has 3 aromatic carbocycles. The third-order valence-electron chi connectivity index (χ3n) is 11.3. The molecule has 1 unspecified atom stereocenters. The fourth-order valence-electron chi connectivity index (χ4n) is 8.54. The Morgan fingerprint density at radius 1 is 1.02 bits per heavy atom. The molecule has 298 valence electrons. The van der Waals surface area contributed by atoms with E-state index in [2.05, 4.69) is 31.6 Å². The van der Waals surface area contributed by atoms with Crippen LogP contribution in [0.25, 0.3) is 0 Å². The number of benzene rings is 3. The summed E-state index contributed by atoms with van der Waals surface area (Å²) in [6, 6.07) is 22.0. The Morgan fingerprint density at radius 2 is 1.73 bits per heavy atom. The van der Waals surface area contributed by atoms with Gasteiger partial charge in [-0.3, -0.25) is 14.3 Å². The molecule has 0 aliphatic carbocycles. The Labute approximate surface area is 332 Å². The number of halogens is 1. The number of hydrogen-bond acceptors (Lipinski definition) is 12. The van der Waals surface area contributed by atoms with E-state index in [1.807, 2.05) is 74.7 Å². The van der Waals surface area contributed by atoms with Crippen LogP contribution in [0.5, 0.6) is 0 Å². The normalized spacial score (nSPS) is 29.5. The molecular formula is C39H46BrN5O10Si. The van der Waals surface area contributed by atoms with Gasteiger partial charge < -0.3 is 50.0 Å². The molecule has 3 aliphatic rings. The summed E-state index contributed by atoms with van der Waals surface area (Å²) in [5.74, 6) is -1.80. The minimum absolute atomic E-state index is 0.125. The van der Waals surface area contributed by atoms with Gasteiger partial charge in [-0.1, -0.05) is 70.5 Å². The highest BCUT2D eigenvalue weighted by atomic mass is 79.9. The number of carbonyl (C=O) groups is 2. The summed E-state index contributed by atoms with van der Waals surface area (Å²) in [6.07, 6.45) is -7.00. The first-order valence-electron chi connectivity index (χ1n) is 18.5. The van der Waals surface area contributed by atoms with E-state index in [4.69, 9.17) is 9.47 Å². The number of fused-ring (bicyclic) bond motifs is 2. The van der Waals surface area contributed by atoms with Crippen LogP contribution in [0.15, 0.2) is 83.5 Å². The van der Waals surface area contributed by atoms with Crippen LogP contribution in [-0.2, 0) is 37.8 Å². The van der Waals surface area contributed by atoms with Crippen molar-refractivity contribution in [3.05, 3.63) is 106 Å². The Balaban J connectivity index is 1.10. The van der Waals surface area contributed by atoms with E-state index >= 15 is 0 Å². The van der Waals surface area contributed by atoms with Crippen LogP contribution in [-0.4, -0.2) is 109 Å². The van der Waals surface area contributed by atoms with Crippen molar-refractivity contribution in [1.29, 1.82) is 0 Å². The number of aliphatic hydroxyl groups excluding tert-OH is 5. The van der Waals surface area contributed by atoms with E-state index in [0.717, 1.165) is 15.6 Å². The maximum absolute atomic E-state index is 14.9. The molecule has 4 heterocycles. The zero-order chi connectivity index (χ0) is 40.1. The standard InChI is InChI=1S/C39H46BrN5O10Si/c1-21-35(56(2,3)53)30(15-16-44-19-28(42-43-44)26(20-46)23-7-5-4-6-8-23)55-39(21)27-17-24(40)11-14-29(27)45(38(39)52)18-22-9-12-25(13-10-22)41-36(50)34-32(48)31(47)33(49)37(51)54-34/h4-14,17,19,21,26,30-35,37,46-49,51,53H,15-16,18,20H2,1-3H3,(H,41,50)/t21-,26?,30+,31-,32-,33+,34-,35-,37+,39+/m0/s1. The first-order chi connectivity index (χ1) is 26.6. The number of anilines is 2. The molecule has 17 heteroatoms. The highest BCUT2D eigenvalue weighted by Gasteiger charge is 2.66. The summed E-state index contributed by atoms with van der Waals surface area (Å²) >= 11 is 3.60. The summed E-state index contributed by atoms with van der Waals surface area (Å²) in [5, 5.41) is 61.3. The summed E-state index contributed by atoms with van der Waals surface area (Å²) in [5.41, 5.74) is 2.33. The van der Waals surface area contributed by atoms with Crippen molar-refractivity contribution in [3.63, 3.8) is 0 Å². The third-order valence-corrected chi connectivity index (χ3v) is 14.3. The number of nitrogens with one attached hydrogen (secondary N) is 1. The molecule has 0 saturated carbocycles. The number of aryl methyl sites for hydroxylation is 1. The van der Waals surface area contributed by atoms with Crippen molar-refractivity contribution in [3.8, 4) is 0 Å². The van der Waals surface area contributed by atoms with Gasteiger partial charge in [0.15, 0.2) is 26.3 Å². The van der Waals surface area contributed by atoms with Crippen LogP contribution >= 0.6 is 15.9 Å². The molecule has 2 amide bonds. The summed E-state index contributed by atoms with van der Waals surface area (Å²) in [4.78, 5) is 41.1. The predicted octanol–water partition coefficient (Wildman–Crippen LogP) is 2.34. The van der Waals surface area contributed by atoms with Gasteiger partial charge in [0.25, 0.3) is 11.8 Å². The van der Waals surface area contributed by atoms with Crippen molar-refractivity contribution >= 4 is 47.4 Å². The van der Waals surface area contributed by atoms with Crippen molar-refractivity contribution in [2.75, 3.05) is 16.8 Å². The molecule has 1 aromatic heterocycles. The first kappa shape index (κ1) is 40.3. The zero-order valence-corrected chi connectivity index (χ0v) is 33.6. The maximum atomic E-state index is 14.9. The monoisotopic (exact) mass is 851 g/mol. The summed E-state index contributed by atoms with van der Waals surface area (Å²) in [6.45, 7) is 6.18. The number of rotatable bonds is 11. The van der Waals surface area contributed by atoms with Crippen LogP contribution in [0.4, 0.5) is 11.4 Å². The number of hydrogen-bond donors (Lipinski definition) is 7. The average Bonchev–Trinajstić information content (AvgIpc) is 3.82. The molecule has 7 rings (SSSR count). The molecule has 0 bridgehead atoms. The van der Waals surface area contributed by atoms with Crippen LogP contribution in [0.3, 0.4) is 0 Å². The lowest BCUT2D eigenvalue weighted by molar-refractivity contribution is -0.274. The van der Waals surface area contributed by atoms with E-state index in [1.54, 1.807) is 33.8 Å². The number of amides is 2. The number of nitrogens with zero attached hydrogens (tertiary/aromatic N) is 4. The highest BCUT2D eigenvalue weighted by molar-refractivity contribution is 9.10. The third kappa shape index (κ3) is 7.37. The quantitative estimate of drug-likeness (QED) is 0.108. The van der Waals surface area contributed by atoms with Crippen molar-refractivity contribution in [2.45, 2.75) is 93.4 Å². The number of aliphatic hydroxyl groups is 5. The molecule has 10 atom stereocenters. The second-order valence-corrected chi connectivity index (χ2v) is 20.2. The molecule has 2 fully saturated rings. The molecule has 1 spiro atoms. The van der Waals surface area contributed by atoms with Gasteiger partial charge in [-0.2, -0.15) is 0 Å². The smallest absolute Gasteiger partial charge is 0.264 e. The number of aromatic nitrogens is 3. The molecule has 7 N–H and O–H groups in total. The van der Waals surface area contributed by atoms with Crippen molar-refractivity contribution < 1.29 is 49.4 Å². The Bertz CT molecular complexity index is 2050. The molecule has 0 radical (unpaired) electrons. The Morgan fingerprint density at radius 3 is 2.41 bits per heavy atom. The lowest BCUT2D eigenvalue weighted by Crippen LogP contribution is -2.60. The fourth-order valence-corrected chi connectivity index (χ4v) is 11.5. The second kappa shape index (κ2) is 15.8. The highest BCUT2D eigenvalue weighted by Crippen LogP contribution is 2.60. The van der Waals surface area contributed by atoms with Gasteiger partial charge in [0.2, 0.25) is 0 Å². The largest absolute Gasteiger partial charge is 0.432 e. The Kier molecular flexibility index (Phi) is 11.4. The summed E-state index contributed by atoms with van der Waals surface area (Å²) < 4.78 is 14.5. The lowest BCUT2D eigenvalue weighted by atomic mass is 9.82. The van der Waals surface area contributed by atoms with Crippen LogP contribution < -0.4 is 10.2 Å². The van der Waals surface area contributed by atoms with Gasteiger partial charge in [0.1, 0.15) is 18.3 Å². The van der Waals surface area contributed by atoms with Gasteiger partial charge in [0.05, 0.1) is 36.6 Å². The van der Waals surface area contributed by atoms with Gasteiger partial charge in [-0.05, 0) is 61.0 Å².